The molecule has 0 saturated heterocycles. The molecule has 0 atom stereocenters. The fourth-order valence-electron chi connectivity index (χ4n) is 2.54. The number of pyridine rings is 1. The SMILES string of the molecule is N#Cc1cc2c(N)n(-c3ccccc3)nc2nc1-n1cccc1. The molecule has 23 heavy (non-hydrogen) atoms. The second kappa shape index (κ2) is 5.00. The average Bonchev–Trinajstić information content (AvgIpc) is 3.23. The van der Waals surface area contributed by atoms with Gasteiger partial charge in [0.25, 0.3) is 0 Å². The van der Waals surface area contributed by atoms with Crippen LogP contribution in [0.15, 0.2) is 60.9 Å². The minimum atomic E-state index is 0.452. The van der Waals surface area contributed by atoms with Crippen molar-refractivity contribution >= 4 is 16.9 Å². The Labute approximate surface area is 132 Å². The summed E-state index contributed by atoms with van der Waals surface area (Å²) in [6, 6.07) is 17.3. The molecule has 4 rings (SSSR count). The van der Waals surface area contributed by atoms with Crippen LogP contribution >= 0.6 is 0 Å². The number of rotatable bonds is 2. The fourth-order valence-corrected chi connectivity index (χ4v) is 2.54. The van der Waals surface area contributed by atoms with Gasteiger partial charge in [-0.15, -0.1) is 5.10 Å². The highest BCUT2D eigenvalue weighted by Gasteiger charge is 2.15. The molecule has 6 heteroatoms. The van der Waals surface area contributed by atoms with Crippen LogP contribution in [-0.2, 0) is 0 Å². The largest absolute Gasteiger partial charge is 0.383 e. The summed E-state index contributed by atoms with van der Waals surface area (Å²) in [5.74, 6) is 1.01. The van der Waals surface area contributed by atoms with E-state index in [0.717, 1.165) is 5.69 Å². The molecule has 0 aliphatic heterocycles. The molecule has 0 saturated carbocycles. The van der Waals surface area contributed by atoms with Crippen molar-refractivity contribution in [2.24, 2.45) is 0 Å². The Kier molecular flexibility index (Phi) is 2.85. The summed E-state index contributed by atoms with van der Waals surface area (Å²) in [5, 5.41) is 14.6. The normalized spacial score (nSPS) is 10.7. The number of fused-ring (bicyclic) bond motifs is 1. The van der Waals surface area contributed by atoms with Crippen LogP contribution in [-0.4, -0.2) is 19.3 Å². The average molecular weight is 300 g/mol. The topological polar surface area (TPSA) is 85.4 Å². The first-order chi connectivity index (χ1) is 11.3. The van der Waals surface area contributed by atoms with Crippen LogP contribution in [0.5, 0.6) is 0 Å². The van der Waals surface area contributed by atoms with Crippen LogP contribution in [0.25, 0.3) is 22.5 Å². The van der Waals surface area contributed by atoms with Gasteiger partial charge in [-0.3, -0.25) is 0 Å². The maximum absolute atomic E-state index is 9.42. The Morgan fingerprint density at radius 2 is 1.78 bits per heavy atom. The lowest BCUT2D eigenvalue weighted by Crippen LogP contribution is -2.01. The molecule has 0 aliphatic carbocycles. The molecule has 2 N–H and O–H groups in total. The van der Waals surface area contributed by atoms with Gasteiger partial charge >= 0.3 is 0 Å². The predicted octanol–water partition coefficient (Wildman–Crippen LogP) is 2.67. The van der Waals surface area contributed by atoms with Crippen molar-refractivity contribution in [1.82, 2.24) is 19.3 Å². The second-order valence-corrected chi connectivity index (χ2v) is 5.07. The van der Waals surface area contributed by atoms with Crippen LogP contribution < -0.4 is 5.73 Å². The summed E-state index contributed by atoms with van der Waals surface area (Å²) < 4.78 is 3.42. The predicted molar refractivity (Wildman–Crippen MR) is 87.3 cm³/mol. The quantitative estimate of drug-likeness (QED) is 0.616. The molecule has 0 spiro atoms. The number of nitriles is 1. The number of para-hydroxylation sites is 1. The van der Waals surface area contributed by atoms with E-state index in [1.807, 2.05) is 54.9 Å². The van der Waals surface area contributed by atoms with Crippen molar-refractivity contribution in [3.63, 3.8) is 0 Å². The zero-order valence-electron chi connectivity index (χ0n) is 12.1. The first-order valence-corrected chi connectivity index (χ1v) is 7.06. The number of nitrogens with zero attached hydrogens (tertiary/aromatic N) is 5. The number of nitrogens with two attached hydrogens (primary N) is 1. The van der Waals surface area contributed by atoms with E-state index < -0.39 is 0 Å². The van der Waals surface area contributed by atoms with Gasteiger partial charge in [-0.1, -0.05) is 18.2 Å². The highest BCUT2D eigenvalue weighted by atomic mass is 15.3. The Morgan fingerprint density at radius 3 is 2.48 bits per heavy atom. The van der Waals surface area contributed by atoms with Gasteiger partial charge in [0.2, 0.25) is 0 Å². The number of hydrogen-bond acceptors (Lipinski definition) is 4. The van der Waals surface area contributed by atoms with E-state index >= 15 is 0 Å². The van der Waals surface area contributed by atoms with Crippen molar-refractivity contribution in [2.45, 2.75) is 0 Å². The maximum Gasteiger partial charge on any atom is 0.185 e. The number of benzene rings is 1. The molecule has 0 aliphatic rings. The van der Waals surface area contributed by atoms with Gasteiger partial charge in [0, 0.05) is 12.4 Å². The lowest BCUT2D eigenvalue weighted by Gasteiger charge is -2.04. The second-order valence-electron chi connectivity index (χ2n) is 5.07. The third kappa shape index (κ3) is 2.03. The van der Waals surface area contributed by atoms with Crippen molar-refractivity contribution in [2.75, 3.05) is 5.73 Å². The molecular weight excluding hydrogens is 288 g/mol. The summed E-state index contributed by atoms with van der Waals surface area (Å²) in [6.45, 7) is 0. The van der Waals surface area contributed by atoms with Crippen LogP contribution in [0.3, 0.4) is 0 Å². The van der Waals surface area contributed by atoms with Crippen LogP contribution in [0.2, 0.25) is 0 Å². The first-order valence-electron chi connectivity index (χ1n) is 7.06. The Balaban J connectivity index is 1.99. The van der Waals surface area contributed by atoms with Gasteiger partial charge < -0.3 is 10.3 Å². The number of anilines is 1. The molecule has 4 aromatic rings. The monoisotopic (exact) mass is 300 g/mol. The Bertz CT molecular complexity index is 1020. The lowest BCUT2D eigenvalue weighted by molar-refractivity contribution is 0.896. The van der Waals surface area contributed by atoms with E-state index in [1.165, 1.54) is 0 Å². The first kappa shape index (κ1) is 13.1. The third-order valence-electron chi connectivity index (χ3n) is 3.65. The van der Waals surface area contributed by atoms with Gasteiger partial charge in [-0.25, -0.2) is 9.67 Å². The van der Waals surface area contributed by atoms with Crippen LogP contribution in [0, 0.1) is 11.3 Å². The fraction of sp³-hybridized carbons (Fsp3) is 0. The van der Waals surface area contributed by atoms with E-state index in [2.05, 4.69) is 16.2 Å². The minimum absolute atomic E-state index is 0.452. The zero-order chi connectivity index (χ0) is 15.8. The van der Waals surface area contributed by atoms with Gasteiger partial charge in [-0.05, 0) is 30.3 Å². The van der Waals surface area contributed by atoms with E-state index in [9.17, 15) is 5.26 Å². The van der Waals surface area contributed by atoms with E-state index in [0.29, 0.717) is 28.2 Å². The third-order valence-corrected chi connectivity index (χ3v) is 3.65. The van der Waals surface area contributed by atoms with Crippen LogP contribution in [0.1, 0.15) is 5.56 Å². The molecule has 0 unspecified atom stereocenters. The van der Waals surface area contributed by atoms with Crippen molar-refractivity contribution in [3.05, 3.63) is 66.5 Å². The Morgan fingerprint density at radius 1 is 1.04 bits per heavy atom. The highest BCUT2D eigenvalue weighted by molar-refractivity contribution is 5.89. The molecule has 0 bridgehead atoms. The van der Waals surface area contributed by atoms with Gasteiger partial charge in [0.1, 0.15) is 11.9 Å². The lowest BCUT2D eigenvalue weighted by atomic mass is 10.2. The standard InChI is InChI=1S/C17H12N6/c18-11-12-10-14-15(19)23(13-6-2-1-3-7-13)21-16(14)20-17(12)22-8-4-5-9-22/h1-10H,19H2. The number of aromatic nitrogens is 4. The van der Waals surface area contributed by atoms with Gasteiger partial charge in [0.05, 0.1) is 16.6 Å². The van der Waals surface area contributed by atoms with E-state index in [1.54, 1.807) is 15.3 Å². The zero-order valence-corrected chi connectivity index (χ0v) is 12.1. The molecule has 110 valence electrons. The molecule has 1 aromatic carbocycles. The number of hydrogen-bond donors (Lipinski definition) is 1. The minimum Gasteiger partial charge on any atom is -0.383 e. The molecule has 6 nitrogen and oxygen atoms in total. The molecule has 0 radical (unpaired) electrons. The van der Waals surface area contributed by atoms with E-state index in [-0.39, 0.29) is 0 Å². The van der Waals surface area contributed by atoms with E-state index in [4.69, 9.17) is 5.73 Å². The summed E-state index contributed by atoms with van der Waals surface area (Å²) in [6.07, 6.45) is 3.68. The molecule has 0 amide bonds. The molecular formula is C17H12N6. The summed E-state index contributed by atoms with van der Waals surface area (Å²) in [5.41, 5.74) is 8.02. The van der Waals surface area contributed by atoms with Crippen molar-refractivity contribution in [1.29, 1.82) is 5.26 Å². The van der Waals surface area contributed by atoms with Crippen LogP contribution in [0.4, 0.5) is 5.82 Å². The summed E-state index contributed by atoms with van der Waals surface area (Å²) >= 11 is 0. The summed E-state index contributed by atoms with van der Waals surface area (Å²) in [4.78, 5) is 4.52. The molecule has 3 aromatic heterocycles. The molecule has 0 fully saturated rings. The molecule has 3 heterocycles. The van der Waals surface area contributed by atoms with Crippen molar-refractivity contribution < 1.29 is 0 Å². The van der Waals surface area contributed by atoms with Gasteiger partial charge in [-0.2, -0.15) is 5.26 Å². The van der Waals surface area contributed by atoms with Gasteiger partial charge in [0.15, 0.2) is 11.5 Å². The Hall–Kier alpha value is -3.59. The van der Waals surface area contributed by atoms with Crippen molar-refractivity contribution in [3.8, 4) is 17.6 Å². The summed E-state index contributed by atoms with van der Waals surface area (Å²) in [7, 11) is 0. The number of nitrogen functional groups attached to an aromatic ring is 1. The smallest absolute Gasteiger partial charge is 0.185 e. The highest BCUT2D eigenvalue weighted by Crippen LogP contribution is 2.26. The maximum atomic E-state index is 9.42.